The van der Waals surface area contributed by atoms with Crippen molar-refractivity contribution in [3.05, 3.63) is 120 Å². The molecule has 0 unspecified atom stereocenters. The Kier molecular flexibility index (Phi) is 5.10. The van der Waals surface area contributed by atoms with Crippen molar-refractivity contribution in [3.63, 3.8) is 0 Å². The molecule has 0 radical (unpaired) electrons. The third kappa shape index (κ3) is 3.68. The normalized spacial score (nSPS) is 11.2. The van der Waals surface area contributed by atoms with Gasteiger partial charge in [-0.25, -0.2) is 0 Å². The molecule has 158 valence electrons. The Morgan fingerprint density at radius 1 is 0.545 bits per heavy atom. The number of thiophene rings is 1. The molecule has 3 heteroatoms. The predicted octanol–water partition coefficient (Wildman–Crippen LogP) is 9.79. The Hall–Kier alpha value is -3.59. The van der Waals surface area contributed by atoms with Crippen molar-refractivity contribution < 1.29 is 0 Å². The van der Waals surface area contributed by atoms with Gasteiger partial charge in [-0.1, -0.05) is 103 Å². The van der Waals surface area contributed by atoms with Gasteiger partial charge in [-0.15, -0.1) is 11.3 Å². The van der Waals surface area contributed by atoms with Crippen LogP contribution in [0.15, 0.2) is 115 Å². The van der Waals surface area contributed by atoms with E-state index in [0.717, 1.165) is 16.9 Å². The van der Waals surface area contributed by atoms with E-state index in [1.165, 1.54) is 36.9 Å². The van der Waals surface area contributed by atoms with Crippen molar-refractivity contribution in [2.45, 2.75) is 0 Å². The van der Waals surface area contributed by atoms with Crippen molar-refractivity contribution in [2.24, 2.45) is 0 Å². The Balaban J connectivity index is 1.45. The number of fused-ring (bicyclic) bond motifs is 3. The molecule has 0 spiro atoms. The first-order valence-electron chi connectivity index (χ1n) is 10.9. The molecule has 0 aliphatic rings. The zero-order chi connectivity index (χ0) is 22.2. The number of hydrogen-bond acceptors (Lipinski definition) is 2. The number of halogens is 1. The molecule has 0 aliphatic heterocycles. The van der Waals surface area contributed by atoms with Crippen molar-refractivity contribution in [1.82, 2.24) is 0 Å². The second kappa shape index (κ2) is 8.40. The van der Waals surface area contributed by atoms with Crippen molar-refractivity contribution in [3.8, 4) is 22.3 Å². The van der Waals surface area contributed by atoms with E-state index in [-0.39, 0.29) is 0 Å². The number of nitrogens with one attached hydrogen (secondary N) is 1. The van der Waals surface area contributed by atoms with Crippen molar-refractivity contribution in [2.75, 3.05) is 5.32 Å². The topological polar surface area (TPSA) is 12.0 Å². The molecule has 33 heavy (non-hydrogen) atoms. The summed E-state index contributed by atoms with van der Waals surface area (Å²) in [6.07, 6.45) is 0. The van der Waals surface area contributed by atoms with E-state index in [0.29, 0.717) is 5.02 Å². The lowest BCUT2D eigenvalue weighted by Gasteiger charge is -2.14. The van der Waals surface area contributed by atoms with Gasteiger partial charge >= 0.3 is 0 Å². The molecule has 1 aromatic heterocycles. The molecule has 1 nitrogen and oxygen atoms in total. The maximum atomic E-state index is 6.66. The van der Waals surface area contributed by atoms with Gasteiger partial charge in [0.25, 0.3) is 0 Å². The smallest absolute Gasteiger partial charge is 0.0641 e. The van der Waals surface area contributed by atoms with Crippen LogP contribution in [0.5, 0.6) is 0 Å². The lowest BCUT2D eigenvalue weighted by atomic mass is 9.94. The summed E-state index contributed by atoms with van der Waals surface area (Å²) in [5.41, 5.74) is 6.70. The highest BCUT2D eigenvalue weighted by molar-refractivity contribution is 7.26. The average molecular weight is 462 g/mol. The Morgan fingerprint density at radius 3 is 2.09 bits per heavy atom. The van der Waals surface area contributed by atoms with Crippen LogP contribution >= 0.6 is 22.9 Å². The van der Waals surface area contributed by atoms with E-state index in [4.69, 9.17) is 11.6 Å². The van der Waals surface area contributed by atoms with Crippen molar-refractivity contribution in [1.29, 1.82) is 0 Å². The summed E-state index contributed by atoms with van der Waals surface area (Å²) in [4.78, 5) is 0. The molecule has 5 aromatic carbocycles. The Morgan fingerprint density at radius 2 is 1.24 bits per heavy atom. The number of rotatable bonds is 4. The van der Waals surface area contributed by atoms with Crippen LogP contribution in [0.25, 0.3) is 42.4 Å². The van der Waals surface area contributed by atoms with Gasteiger partial charge < -0.3 is 5.32 Å². The van der Waals surface area contributed by atoms with Crippen LogP contribution in [-0.2, 0) is 0 Å². The fraction of sp³-hybridized carbons (Fsp3) is 0. The fourth-order valence-corrected chi connectivity index (χ4v) is 5.72. The van der Waals surface area contributed by atoms with Crippen molar-refractivity contribution >= 4 is 54.5 Å². The third-order valence-electron chi connectivity index (χ3n) is 5.96. The lowest BCUT2D eigenvalue weighted by Crippen LogP contribution is -1.93. The highest BCUT2D eigenvalue weighted by Gasteiger charge is 2.12. The molecule has 6 rings (SSSR count). The van der Waals surface area contributed by atoms with E-state index < -0.39 is 0 Å². The zero-order valence-corrected chi connectivity index (χ0v) is 19.3. The fourth-order valence-electron chi connectivity index (χ4n) is 4.38. The maximum Gasteiger partial charge on any atom is 0.0641 e. The molecule has 1 N–H and O–H groups in total. The van der Waals surface area contributed by atoms with Gasteiger partial charge in [-0.3, -0.25) is 0 Å². The molecule has 0 amide bonds. The van der Waals surface area contributed by atoms with Gasteiger partial charge in [-0.2, -0.15) is 0 Å². The van der Waals surface area contributed by atoms with E-state index in [1.807, 2.05) is 23.5 Å². The molecule has 0 saturated heterocycles. The lowest BCUT2D eigenvalue weighted by molar-refractivity contribution is 1.55. The van der Waals surface area contributed by atoms with Crippen LogP contribution < -0.4 is 5.32 Å². The first-order valence-corrected chi connectivity index (χ1v) is 12.1. The summed E-state index contributed by atoms with van der Waals surface area (Å²) < 4.78 is 2.53. The zero-order valence-electron chi connectivity index (χ0n) is 17.8. The van der Waals surface area contributed by atoms with E-state index in [1.54, 1.807) is 0 Å². The highest BCUT2D eigenvalue weighted by Crippen LogP contribution is 2.41. The summed E-state index contributed by atoms with van der Waals surface area (Å²) >= 11 is 8.47. The maximum absolute atomic E-state index is 6.66. The van der Waals surface area contributed by atoms with Crippen LogP contribution in [0, 0.1) is 0 Å². The van der Waals surface area contributed by atoms with Gasteiger partial charge in [0.1, 0.15) is 0 Å². The summed E-state index contributed by atoms with van der Waals surface area (Å²) in [5.74, 6) is 0. The summed E-state index contributed by atoms with van der Waals surface area (Å²) in [7, 11) is 0. The van der Waals surface area contributed by atoms with Crippen LogP contribution in [0.3, 0.4) is 0 Å². The van der Waals surface area contributed by atoms with Crippen LogP contribution in [0.2, 0.25) is 5.02 Å². The van der Waals surface area contributed by atoms with E-state index in [2.05, 4.69) is 108 Å². The number of benzene rings is 5. The molecular formula is C30H20ClNS. The largest absolute Gasteiger partial charge is 0.353 e. The molecule has 0 fully saturated rings. The van der Waals surface area contributed by atoms with E-state index in [9.17, 15) is 0 Å². The van der Waals surface area contributed by atoms with Crippen LogP contribution in [0.4, 0.5) is 11.4 Å². The third-order valence-corrected chi connectivity index (χ3v) is 7.51. The monoisotopic (exact) mass is 461 g/mol. The molecule has 0 bridgehead atoms. The standard InChI is InChI=1S/C30H20ClNS/c31-26-18-17-21(23-12-5-4-11-22(23)20-9-2-1-3-10-20)19-28(26)32-27-15-8-14-25-24-13-6-7-16-29(24)33-30(25)27/h1-19,32H. The Labute approximate surface area is 201 Å². The first kappa shape index (κ1) is 20.0. The second-order valence-electron chi connectivity index (χ2n) is 8.01. The minimum absolute atomic E-state index is 0.703. The summed E-state index contributed by atoms with van der Waals surface area (Å²) in [5, 5.41) is 6.88. The summed E-state index contributed by atoms with van der Waals surface area (Å²) in [6, 6.07) is 40.2. The molecule has 0 aliphatic carbocycles. The van der Waals surface area contributed by atoms with Gasteiger partial charge in [0.05, 0.1) is 21.1 Å². The molecular weight excluding hydrogens is 442 g/mol. The minimum Gasteiger partial charge on any atom is -0.353 e. The SMILES string of the molecule is Clc1ccc(-c2ccccc2-c2ccccc2)cc1Nc1cccc2c1sc1ccccc12. The Bertz CT molecular complexity index is 1600. The molecule has 1 heterocycles. The average Bonchev–Trinajstić information content (AvgIpc) is 3.26. The van der Waals surface area contributed by atoms with Gasteiger partial charge in [0.2, 0.25) is 0 Å². The van der Waals surface area contributed by atoms with Crippen LogP contribution in [0.1, 0.15) is 0 Å². The van der Waals surface area contributed by atoms with Crippen LogP contribution in [-0.4, -0.2) is 0 Å². The highest BCUT2D eigenvalue weighted by atomic mass is 35.5. The molecule has 0 saturated carbocycles. The minimum atomic E-state index is 0.703. The second-order valence-corrected chi connectivity index (χ2v) is 9.47. The van der Waals surface area contributed by atoms with Gasteiger partial charge in [-0.05, 0) is 46.5 Å². The molecule has 6 aromatic rings. The number of hydrogen-bond donors (Lipinski definition) is 1. The predicted molar refractivity (Wildman–Crippen MR) is 145 cm³/mol. The summed E-state index contributed by atoms with van der Waals surface area (Å²) in [6.45, 7) is 0. The van der Waals surface area contributed by atoms with Gasteiger partial charge in [0, 0.05) is 15.5 Å². The van der Waals surface area contributed by atoms with Gasteiger partial charge in [0.15, 0.2) is 0 Å². The quantitative estimate of drug-likeness (QED) is 0.275. The number of anilines is 2. The molecule has 0 atom stereocenters. The van der Waals surface area contributed by atoms with E-state index >= 15 is 0 Å². The first-order chi connectivity index (χ1) is 16.3.